The highest BCUT2D eigenvalue weighted by molar-refractivity contribution is 5.88. The molecule has 0 aliphatic heterocycles. The number of aromatic carboxylic acids is 1. The Morgan fingerprint density at radius 2 is 2.25 bits per heavy atom. The lowest BCUT2D eigenvalue weighted by Crippen LogP contribution is -1.98. The van der Waals surface area contributed by atoms with E-state index in [4.69, 9.17) is 5.11 Å². The number of hydrogen-bond acceptors (Lipinski definition) is 3. The van der Waals surface area contributed by atoms with E-state index in [1.807, 2.05) is 14.0 Å². The fourth-order valence-corrected chi connectivity index (χ4v) is 1.46. The van der Waals surface area contributed by atoms with Crippen molar-refractivity contribution in [1.29, 1.82) is 0 Å². The zero-order valence-corrected chi connectivity index (χ0v) is 9.01. The Morgan fingerprint density at radius 1 is 1.50 bits per heavy atom. The number of pyridine rings is 1. The number of nitrogens with zero attached hydrogens (tertiary/aromatic N) is 3. The first kappa shape index (κ1) is 10.4. The molecule has 16 heavy (non-hydrogen) atoms. The van der Waals surface area contributed by atoms with Crippen LogP contribution < -0.4 is 0 Å². The van der Waals surface area contributed by atoms with Gasteiger partial charge in [0.25, 0.3) is 0 Å². The Kier molecular flexibility index (Phi) is 2.44. The maximum atomic E-state index is 10.8. The lowest BCUT2D eigenvalue weighted by Gasteiger charge is -2.01. The highest BCUT2D eigenvalue weighted by Gasteiger charge is 2.10. The van der Waals surface area contributed by atoms with Crippen molar-refractivity contribution in [3.63, 3.8) is 0 Å². The van der Waals surface area contributed by atoms with E-state index in [0.717, 1.165) is 11.3 Å². The van der Waals surface area contributed by atoms with Crippen LogP contribution in [0.2, 0.25) is 0 Å². The summed E-state index contributed by atoms with van der Waals surface area (Å²) in [6, 6.07) is 3.02. The second-order valence-corrected chi connectivity index (χ2v) is 3.50. The van der Waals surface area contributed by atoms with E-state index < -0.39 is 5.97 Å². The van der Waals surface area contributed by atoms with Crippen LogP contribution >= 0.6 is 0 Å². The smallest absolute Gasteiger partial charge is 0.335 e. The number of aromatic nitrogens is 3. The summed E-state index contributed by atoms with van der Waals surface area (Å²) in [7, 11) is 1.83. The van der Waals surface area contributed by atoms with Gasteiger partial charge in [-0.15, -0.1) is 0 Å². The molecule has 0 atom stereocenters. The third-order valence-electron chi connectivity index (χ3n) is 2.52. The molecule has 0 unspecified atom stereocenters. The molecule has 0 spiro atoms. The molecule has 0 saturated heterocycles. The first-order valence-electron chi connectivity index (χ1n) is 4.78. The van der Waals surface area contributed by atoms with Gasteiger partial charge in [-0.1, -0.05) is 0 Å². The standard InChI is InChI=1S/C11H11N3O2/c1-7-9(6-13-14(7)2)10-5-8(11(15)16)3-4-12-10/h3-6H,1-2H3,(H,15,16). The zero-order valence-electron chi connectivity index (χ0n) is 9.01. The predicted octanol–water partition coefficient (Wildman–Crippen LogP) is 1.49. The lowest BCUT2D eigenvalue weighted by atomic mass is 10.1. The van der Waals surface area contributed by atoms with Gasteiger partial charge in [0.15, 0.2) is 0 Å². The molecule has 2 aromatic heterocycles. The van der Waals surface area contributed by atoms with Crippen molar-refractivity contribution >= 4 is 5.97 Å². The van der Waals surface area contributed by atoms with Gasteiger partial charge in [0, 0.05) is 24.5 Å². The van der Waals surface area contributed by atoms with Gasteiger partial charge in [-0.3, -0.25) is 9.67 Å². The van der Waals surface area contributed by atoms with Crippen LogP contribution in [0, 0.1) is 6.92 Å². The van der Waals surface area contributed by atoms with Crippen LogP contribution in [0.5, 0.6) is 0 Å². The van der Waals surface area contributed by atoms with Gasteiger partial charge in [-0.25, -0.2) is 4.79 Å². The molecule has 0 fully saturated rings. The molecule has 82 valence electrons. The van der Waals surface area contributed by atoms with Gasteiger partial charge in [-0.2, -0.15) is 5.10 Å². The van der Waals surface area contributed by atoms with Crippen LogP contribution in [0.3, 0.4) is 0 Å². The fourth-order valence-electron chi connectivity index (χ4n) is 1.46. The first-order chi connectivity index (χ1) is 7.59. The van der Waals surface area contributed by atoms with Crippen LogP contribution in [0.1, 0.15) is 16.1 Å². The van der Waals surface area contributed by atoms with E-state index in [-0.39, 0.29) is 5.56 Å². The van der Waals surface area contributed by atoms with Crippen molar-refractivity contribution in [1.82, 2.24) is 14.8 Å². The number of aryl methyl sites for hydroxylation is 1. The SMILES string of the molecule is Cc1c(-c2cc(C(=O)O)ccn2)cnn1C. The summed E-state index contributed by atoms with van der Waals surface area (Å²) in [4.78, 5) is 15.0. The van der Waals surface area contributed by atoms with Crippen molar-refractivity contribution in [2.75, 3.05) is 0 Å². The lowest BCUT2D eigenvalue weighted by molar-refractivity contribution is 0.0697. The largest absolute Gasteiger partial charge is 0.478 e. The Morgan fingerprint density at radius 3 is 2.81 bits per heavy atom. The Labute approximate surface area is 92.4 Å². The monoisotopic (exact) mass is 217 g/mol. The van der Waals surface area contributed by atoms with Crippen LogP contribution in [0.25, 0.3) is 11.3 Å². The number of carboxylic acids is 1. The normalized spacial score (nSPS) is 10.4. The van der Waals surface area contributed by atoms with E-state index in [1.54, 1.807) is 16.9 Å². The zero-order chi connectivity index (χ0) is 11.7. The third kappa shape index (κ3) is 1.67. The van der Waals surface area contributed by atoms with Crippen molar-refractivity contribution in [3.8, 4) is 11.3 Å². The molecule has 5 heteroatoms. The highest BCUT2D eigenvalue weighted by atomic mass is 16.4. The van der Waals surface area contributed by atoms with E-state index in [1.165, 1.54) is 12.3 Å². The average Bonchev–Trinajstić information content (AvgIpc) is 2.60. The van der Waals surface area contributed by atoms with Crippen molar-refractivity contribution < 1.29 is 9.90 Å². The van der Waals surface area contributed by atoms with Crippen molar-refractivity contribution in [2.24, 2.45) is 7.05 Å². The number of hydrogen-bond donors (Lipinski definition) is 1. The molecule has 2 aromatic rings. The highest BCUT2D eigenvalue weighted by Crippen LogP contribution is 2.20. The maximum Gasteiger partial charge on any atom is 0.335 e. The van der Waals surface area contributed by atoms with Gasteiger partial charge < -0.3 is 5.11 Å². The molecular weight excluding hydrogens is 206 g/mol. The van der Waals surface area contributed by atoms with Crippen molar-refractivity contribution in [2.45, 2.75) is 6.92 Å². The van der Waals surface area contributed by atoms with E-state index in [9.17, 15) is 4.79 Å². The quantitative estimate of drug-likeness (QED) is 0.827. The van der Waals surface area contributed by atoms with E-state index in [0.29, 0.717) is 5.69 Å². The molecule has 2 heterocycles. The average molecular weight is 217 g/mol. The molecule has 5 nitrogen and oxygen atoms in total. The van der Waals surface area contributed by atoms with Crippen LogP contribution in [0.15, 0.2) is 24.5 Å². The second kappa shape index (κ2) is 3.77. The minimum atomic E-state index is -0.954. The van der Waals surface area contributed by atoms with Gasteiger partial charge in [0.05, 0.1) is 17.5 Å². The number of carboxylic acid groups (broad SMARTS) is 1. The molecule has 1 N–H and O–H groups in total. The molecule has 0 saturated carbocycles. The first-order valence-corrected chi connectivity index (χ1v) is 4.78. The van der Waals surface area contributed by atoms with Crippen LogP contribution in [0.4, 0.5) is 0 Å². The number of carbonyl (C=O) groups is 1. The second-order valence-electron chi connectivity index (χ2n) is 3.50. The Balaban J connectivity index is 2.52. The van der Waals surface area contributed by atoms with Crippen LogP contribution in [-0.2, 0) is 7.05 Å². The fraction of sp³-hybridized carbons (Fsp3) is 0.182. The van der Waals surface area contributed by atoms with E-state index >= 15 is 0 Å². The summed E-state index contributed by atoms with van der Waals surface area (Å²) in [6.45, 7) is 1.91. The summed E-state index contributed by atoms with van der Waals surface area (Å²) in [5.74, 6) is -0.954. The molecule has 0 amide bonds. The van der Waals surface area contributed by atoms with Crippen molar-refractivity contribution in [3.05, 3.63) is 35.8 Å². The molecular formula is C11H11N3O2. The minimum absolute atomic E-state index is 0.230. The minimum Gasteiger partial charge on any atom is -0.478 e. The molecule has 0 aromatic carbocycles. The summed E-state index contributed by atoms with van der Waals surface area (Å²) in [5.41, 5.74) is 2.67. The van der Waals surface area contributed by atoms with E-state index in [2.05, 4.69) is 10.1 Å². The third-order valence-corrected chi connectivity index (χ3v) is 2.52. The summed E-state index contributed by atoms with van der Waals surface area (Å²) < 4.78 is 1.73. The molecule has 0 aliphatic carbocycles. The summed E-state index contributed by atoms with van der Waals surface area (Å²) in [6.07, 6.45) is 3.18. The molecule has 0 bridgehead atoms. The Bertz CT molecular complexity index is 546. The van der Waals surface area contributed by atoms with Gasteiger partial charge in [0.1, 0.15) is 0 Å². The molecule has 0 radical (unpaired) electrons. The topological polar surface area (TPSA) is 68.0 Å². The molecule has 2 rings (SSSR count). The summed E-state index contributed by atoms with van der Waals surface area (Å²) in [5, 5.41) is 13.0. The molecule has 0 aliphatic rings. The number of rotatable bonds is 2. The van der Waals surface area contributed by atoms with Gasteiger partial charge >= 0.3 is 5.97 Å². The maximum absolute atomic E-state index is 10.8. The van der Waals surface area contributed by atoms with Gasteiger partial charge in [0.2, 0.25) is 0 Å². The van der Waals surface area contributed by atoms with Crippen LogP contribution in [-0.4, -0.2) is 25.8 Å². The predicted molar refractivity (Wildman–Crippen MR) is 58.1 cm³/mol. The Hall–Kier alpha value is -2.17. The van der Waals surface area contributed by atoms with Gasteiger partial charge in [-0.05, 0) is 19.1 Å². The summed E-state index contributed by atoms with van der Waals surface area (Å²) >= 11 is 0.